The average molecular weight is 405 g/mol. The highest BCUT2D eigenvalue weighted by Gasteiger charge is 2.49. The van der Waals surface area contributed by atoms with Crippen molar-refractivity contribution in [1.29, 1.82) is 0 Å². The van der Waals surface area contributed by atoms with Crippen LogP contribution in [0, 0.1) is 0 Å². The normalized spacial score (nSPS) is 18.5. The van der Waals surface area contributed by atoms with E-state index < -0.39 is 17.5 Å². The minimum Gasteiger partial charge on any atom is -0.319 e. The van der Waals surface area contributed by atoms with Crippen molar-refractivity contribution < 1.29 is 14.4 Å². The van der Waals surface area contributed by atoms with Gasteiger partial charge in [0, 0.05) is 12.2 Å². The summed E-state index contributed by atoms with van der Waals surface area (Å²) in [4.78, 5) is 41.2. The lowest BCUT2D eigenvalue weighted by Gasteiger charge is -2.25. The molecule has 1 aliphatic rings. The summed E-state index contributed by atoms with van der Waals surface area (Å²) in [5.41, 5.74) is 1.31. The van der Waals surface area contributed by atoms with E-state index in [1.54, 1.807) is 25.1 Å². The largest absolute Gasteiger partial charge is 0.325 e. The lowest BCUT2D eigenvalue weighted by Crippen LogP contribution is -2.44. The number of nitrogens with one attached hydrogen (secondary N) is 1. The number of urea groups is 1. The number of hydrogen-bond donors (Lipinski definition) is 1. The van der Waals surface area contributed by atoms with Crippen molar-refractivity contribution in [3.63, 3.8) is 0 Å². The number of amides is 4. The Labute approximate surface area is 177 Å². The predicted molar refractivity (Wildman–Crippen MR) is 117 cm³/mol. The minimum atomic E-state index is -1.21. The molecule has 0 aliphatic carbocycles. The molecule has 1 heterocycles. The van der Waals surface area contributed by atoms with E-state index in [0.717, 1.165) is 10.5 Å². The number of imide groups is 1. The quantitative estimate of drug-likeness (QED) is 0.563. The lowest BCUT2D eigenvalue weighted by atomic mass is 9.90. The van der Waals surface area contributed by atoms with Crippen molar-refractivity contribution in [3.05, 3.63) is 78.4 Å². The first-order chi connectivity index (χ1) is 14.3. The SMILES string of the molecule is C=CCN(C(=O)CN1C(=O)NC(C)(c2ccc(C(C)C)cc2)C1=O)c1ccccc1. The van der Waals surface area contributed by atoms with E-state index in [-0.39, 0.29) is 19.0 Å². The molecule has 1 aliphatic heterocycles. The predicted octanol–water partition coefficient (Wildman–Crippen LogP) is 3.80. The summed E-state index contributed by atoms with van der Waals surface area (Å²) in [5.74, 6) is -0.433. The van der Waals surface area contributed by atoms with Crippen molar-refractivity contribution >= 4 is 23.5 Å². The van der Waals surface area contributed by atoms with Crippen LogP contribution in [-0.4, -0.2) is 35.8 Å². The molecule has 0 spiro atoms. The Morgan fingerprint density at radius 1 is 1.13 bits per heavy atom. The maximum Gasteiger partial charge on any atom is 0.325 e. The summed E-state index contributed by atoms with van der Waals surface area (Å²) in [6, 6.07) is 16.2. The molecule has 2 aromatic carbocycles. The van der Waals surface area contributed by atoms with Crippen LogP contribution in [0.1, 0.15) is 37.8 Å². The Balaban J connectivity index is 1.81. The van der Waals surface area contributed by atoms with Crippen LogP contribution in [0.4, 0.5) is 10.5 Å². The second-order valence-electron chi connectivity index (χ2n) is 7.85. The average Bonchev–Trinajstić information content (AvgIpc) is 2.96. The summed E-state index contributed by atoms with van der Waals surface area (Å²) in [7, 11) is 0. The van der Waals surface area contributed by atoms with Crippen LogP contribution >= 0.6 is 0 Å². The Bertz CT molecular complexity index is 953. The van der Waals surface area contributed by atoms with Crippen LogP contribution < -0.4 is 10.2 Å². The molecule has 0 saturated carbocycles. The highest BCUT2D eigenvalue weighted by Crippen LogP contribution is 2.30. The van der Waals surface area contributed by atoms with Crippen LogP contribution in [0.2, 0.25) is 0 Å². The Hall–Kier alpha value is -3.41. The van der Waals surface area contributed by atoms with E-state index >= 15 is 0 Å². The molecule has 1 fully saturated rings. The van der Waals surface area contributed by atoms with E-state index in [4.69, 9.17) is 0 Å². The molecule has 156 valence electrons. The van der Waals surface area contributed by atoms with Gasteiger partial charge in [-0.2, -0.15) is 0 Å². The number of carbonyl (C=O) groups excluding carboxylic acids is 3. The van der Waals surface area contributed by atoms with Gasteiger partial charge in [0.25, 0.3) is 5.91 Å². The van der Waals surface area contributed by atoms with E-state index in [1.807, 2.05) is 42.5 Å². The second kappa shape index (κ2) is 8.53. The number of nitrogens with zero attached hydrogens (tertiary/aromatic N) is 2. The van der Waals surface area contributed by atoms with Crippen LogP contribution in [0.5, 0.6) is 0 Å². The van der Waals surface area contributed by atoms with Crippen LogP contribution in [0.25, 0.3) is 0 Å². The third-order valence-electron chi connectivity index (χ3n) is 5.40. The van der Waals surface area contributed by atoms with Gasteiger partial charge in [-0.15, -0.1) is 6.58 Å². The summed E-state index contributed by atoms with van der Waals surface area (Å²) < 4.78 is 0. The van der Waals surface area contributed by atoms with Crippen molar-refractivity contribution in [2.45, 2.75) is 32.2 Å². The van der Waals surface area contributed by atoms with Crippen molar-refractivity contribution in [1.82, 2.24) is 10.2 Å². The number of anilines is 1. The number of para-hydroxylation sites is 1. The van der Waals surface area contributed by atoms with Gasteiger partial charge in [-0.05, 0) is 36.1 Å². The molecule has 0 bridgehead atoms. The number of rotatable bonds is 7. The van der Waals surface area contributed by atoms with Crippen molar-refractivity contribution in [2.75, 3.05) is 18.0 Å². The standard InChI is InChI=1S/C24H27N3O3/c1-5-15-26(20-9-7-6-8-10-20)21(28)16-27-22(29)24(4,25-23(27)30)19-13-11-18(12-14-19)17(2)3/h5-14,17H,1,15-16H2,2-4H3,(H,25,30). The molecule has 4 amide bonds. The zero-order valence-electron chi connectivity index (χ0n) is 17.6. The molecule has 1 unspecified atom stereocenters. The topological polar surface area (TPSA) is 69.7 Å². The third kappa shape index (κ3) is 3.99. The first kappa shape index (κ1) is 21.3. The molecule has 6 heteroatoms. The fourth-order valence-corrected chi connectivity index (χ4v) is 3.55. The lowest BCUT2D eigenvalue weighted by molar-refractivity contribution is -0.134. The molecule has 0 radical (unpaired) electrons. The van der Waals surface area contributed by atoms with Gasteiger partial charge in [0.05, 0.1) is 0 Å². The highest BCUT2D eigenvalue weighted by atomic mass is 16.2. The van der Waals surface area contributed by atoms with Gasteiger partial charge in [-0.25, -0.2) is 4.79 Å². The fourth-order valence-electron chi connectivity index (χ4n) is 3.55. The second-order valence-corrected chi connectivity index (χ2v) is 7.85. The van der Waals surface area contributed by atoms with Crippen molar-refractivity contribution in [3.8, 4) is 0 Å². The molecule has 1 N–H and O–H groups in total. The van der Waals surface area contributed by atoms with E-state index in [0.29, 0.717) is 17.2 Å². The fraction of sp³-hybridized carbons (Fsp3) is 0.292. The summed E-state index contributed by atoms with van der Waals surface area (Å²) >= 11 is 0. The van der Waals surface area contributed by atoms with Gasteiger partial charge in [0.1, 0.15) is 12.1 Å². The maximum atomic E-state index is 13.2. The zero-order chi connectivity index (χ0) is 21.9. The Morgan fingerprint density at radius 2 is 1.77 bits per heavy atom. The number of benzene rings is 2. The smallest absolute Gasteiger partial charge is 0.319 e. The molecular formula is C24H27N3O3. The summed E-state index contributed by atoms with van der Waals surface area (Å²) in [6.45, 7) is 9.49. The number of hydrogen-bond acceptors (Lipinski definition) is 3. The monoisotopic (exact) mass is 405 g/mol. The third-order valence-corrected chi connectivity index (χ3v) is 5.40. The Morgan fingerprint density at radius 3 is 2.33 bits per heavy atom. The minimum absolute atomic E-state index is 0.278. The molecule has 6 nitrogen and oxygen atoms in total. The highest BCUT2D eigenvalue weighted by molar-refractivity contribution is 6.10. The Kier molecular flexibility index (Phi) is 6.06. The van der Waals surface area contributed by atoms with E-state index in [1.165, 1.54) is 4.90 Å². The molecule has 30 heavy (non-hydrogen) atoms. The van der Waals surface area contributed by atoms with Crippen molar-refractivity contribution in [2.24, 2.45) is 0 Å². The van der Waals surface area contributed by atoms with Crippen LogP contribution in [-0.2, 0) is 15.1 Å². The van der Waals surface area contributed by atoms with E-state index in [2.05, 4.69) is 25.7 Å². The molecule has 3 rings (SSSR count). The number of carbonyl (C=O) groups is 3. The summed E-state index contributed by atoms with van der Waals surface area (Å²) in [5, 5.41) is 2.76. The van der Waals surface area contributed by atoms with Gasteiger partial charge in [-0.1, -0.05) is 62.4 Å². The molecular weight excluding hydrogens is 378 g/mol. The van der Waals surface area contributed by atoms with Gasteiger partial charge >= 0.3 is 6.03 Å². The summed E-state index contributed by atoms with van der Waals surface area (Å²) in [6.07, 6.45) is 1.61. The van der Waals surface area contributed by atoms with Gasteiger partial charge in [0.15, 0.2) is 0 Å². The van der Waals surface area contributed by atoms with E-state index in [9.17, 15) is 14.4 Å². The maximum absolute atomic E-state index is 13.2. The van der Waals surface area contributed by atoms with Gasteiger partial charge in [0.2, 0.25) is 5.91 Å². The van der Waals surface area contributed by atoms with Gasteiger partial charge < -0.3 is 10.2 Å². The molecule has 1 atom stereocenters. The van der Waals surface area contributed by atoms with Crippen LogP contribution in [0.15, 0.2) is 67.3 Å². The van der Waals surface area contributed by atoms with Gasteiger partial charge in [-0.3, -0.25) is 14.5 Å². The first-order valence-electron chi connectivity index (χ1n) is 9.98. The molecule has 0 aromatic heterocycles. The zero-order valence-corrected chi connectivity index (χ0v) is 17.6. The van der Waals surface area contributed by atoms with Crippen LogP contribution in [0.3, 0.4) is 0 Å². The molecule has 1 saturated heterocycles. The molecule has 2 aromatic rings. The first-order valence-corrected chi connectivity index (χ1v) is 9.98.